The van der Waals surface area contributed by atoms with Gasteiger partial charge in [0.2, 0.25) is 5.82 Å². The summed E-state index contributed by atoms with van der Waals surface area (Å²) in [7, 11) is -4.16. The number of sulfone groups is 1. The SMILES string of the molecule is C[C@@H]1C(S(=O)(=O)c2ccc(F)cn2)CC[C@H](C(N)=NCc2cc(-c3cnc(C(F)(F)F)nc3)cnc2C(F)(F)F)C[C@H]1F. The van der Waals surface area contributed by atoms with Gasteiger partial charge in [-0.1, -0.05) is 6.92 Å². The topological polar surface area (TPSA) is 124 Å². The second kappa shape index (κ2) is 12.1. The molecular weight excluding hydrogens is 612 g/mol. The Morgan fingerprint density at radius 3 is 2.19 bits per heavy atom. The van der Waals surface area contributed by atoms with Crippen LogP contribution in [0.3, 0.4) is 0 Å². The number of aliphatic imine (C=N–C) groups is 1. The lowest BCUT2D eigenvalue weighted by Crippen LogP contribution is -2.33. The highest BCUT2D eigenvalue weighted by Crippen LogP contribution is 2.37. The molecule has 4 rings (SSSR count). The molecule has 3 heterocycles. The van der Waals surface area contributed by atoms with Gasteiger partial charge in [-0.05, 0) is 37.5 Å². The summed E-state index contributed by atoms with van der Waals surface area (Å²) >= 11 is 0. The Labute approximate surface area is 240 Å². The predicted molar refractivity (Wildman–Crippen MR) is 137 cm³/mol. The van der Waals surface area contributed by atoms with E-state index in [-0.39, 0.29) is 36.2 Å². The first kappa shape index (κ1) is 32.2. The Kier molecular flexibility index (Phi) is 9.04. The highest BCUT2D eigenvalue weighted by Gasteiger charge is 2.42. The summed E-state index contributed by atoms with van der Waals surface area (Å²) in [5.41, 5.74) is 4.25. The lowest BCUT2D eigenvalue weighted by Gasteiger charge is -2.23. The fourth-order valence-corrected chi connectivity index (χ4v) is 6.78. The number of nitrogens with zero attached hydrogens (tertiary/aromatic N) is 5. The van der Waals surface area contributed by atoms with Crippen LogP contribution >= 0.6 is 0 Å². The molecule has 4 atom stereocenters. The summed E-state index contributed by atoms with van der Waals surface area (Å²) in [5, 5.41) is -1.63. The number of nitrogens with two attached hydrogens (primary N) is 1. The van der Waals surface area contributed by atoms with Gasteiger partial charge in [-0.15, -0.1) is 0 Å². The standard InChI is InChI=1S/C26H24F8N6O2S/c1-13-19(28)7-14(2-4-20(13)43(41,42)21-5-3-18(27)12-36-21)23(35)38-9-16-6-15(8-37-22(16)25(29,30)31)17-10-39-24(40-11-17)26(32,33)34/h3,5-6,8,10-14,19-20H,2,4,7,9H2,1H3,(H2,35,38)/t13-,14-,19+,20?/m0/s1. The van der Waals surface area contributed by atoms with Crippen molar-refractivity contribution in [3.05, 3.63) is 65.9 Å². The molecule has 0 bridgehead atoms. The maximum absolute atomic E-state index is 15.2. The van der Waals surface area contributed by atoms with Crippen molar-refractivity contribution in [2.24, 2.45) is 22.6 Å². The van der Waals surface area contributed by atoms with E-state index in [2.05, 4.69) is 24.9 Å². The zero-order valence-corrected chi connectivity index (χ0v) is 23.1. The molecule has 1 unspecified atom stereocenters. The fraction of sp³-hybridized carbons (Fsp3) is 0.423. The van der Waals surface area contributed by atoms with Crippen LogP contribution < -0.4 is 5.73 Å². The molecule has 17 heteroatoms. The van der Waals surface area contributed by atoms with Crippen LogP contribution in [0.25, 0.3) is 11.1 Å². The van der Waals surface area contributed by atoms with Gasteiger partial charge in [-0.25, -0.2) is 32.2 Å². The molecule has 2 N–H and O–H groups in total. The number of pyridine rings is 2. The van der Waals surface area contributed by atoms with Crippen molar-refractivity contribution >= 4 is 15.7 Å². The molecule has 1 fully saturated rings. The Balaban J connectivity index is 1.58. The van der Waals surface area contributed by atoms with E-state index in [0.717, 1.165) is 43.0 Å². The van der Waals surface area contributed by atoms with Gasteiger partial charge in [0.1, 0.15) is 17.7 Å². The van der Waals surface area contributed by atoms with Crippen LogP contribution in [-0.4, -0.2) is 45.6 Å². The monoisotopic (exact) mass is 636 g/mol. The van der Waals surface area contributed by atoms with Gasteiger partial charge < -0.3 is 5.73 Å². The molecule has 0 radical (unpaired) electrons. The molecule has 3 aromatic heterocycles. The van der Waals surface area contributed by atoms with E-state index in [1.54, 1.807) is 0 Å². The number of aromatic nitrogens is 4. The first-order chi connectivity index (χ1) is 20.0. The van der Waals surface area contributed by atoms with E-state index >= 15 is 4.39 Å². The van der Waals surface area contributed by atoms with Crippen LogP contribution in [0, 0.1) is 17.7 Å². The lowest BCUT2D eigenvalue weighted by molar-refractivity contribution is -0.145. The smallest absolute Gasteiger partial charge is 0.387 e. The van der Waals surface area contributed by atoms with Gasteiger partial charge >= 0.3 is 12.4 Å². The van der Waals surface area contributed by atoms with Crippen LogP contribution in [0.15, 0.2) is 53.0 Å². The third-order valence-corrected chi connectivity index (χ3v) is 9.47. The molecule has 43 heavy (non-hydrogen) atoms. The number of hydrogen-bond acceptors (Lipinski definition) is 7. The first-order valence-electron chi connectivity index (χ1n) is 12.7. The van der Waals surface area contributed by atoms with E-state index in [4.69, 9.17) is 5.73 Å². The molecule has 3 aromatic rings. The summed E-state index contributed by atoms with van der Waals surface area (Å²) in [5.74, 6) is -4.20. The van der Waals surface area contributed by atoms with E-state index < -0.39 is 79.9 Å². The number of halogens is 8. The van der Waals surface area contributed by atoms with Crippen molar-refractivity contribution in [1.29, 1.82) is 0 Å². The molecular formula is C26H24F8N6O2S. The Morgan fingerprint density at radius 1 is 0.953 bits per heavy atom. The minimum Gasteiger partial charge on any atom is -0.387 e. The summed E-state index contributed by atoms with van der Waals surface area (Å²) in [6.07, 6.45) is -8.54. The van der Waals surface area contributed by atoms with Gasteiger partial charge in [0.05, 0.1) is 23.8 Å². The highest BCUT2D eigenvalue weighted by molar-refractivity contribution is 7.92. The number of hydrogen-bond donors (Lipinski definition) is 1. The second-order valence-corrected chi connectivity index (χ2v) is 12.2. The Hall–Kier alpha value is -3.76. The van der Waals surface area contributed by atoms with E-state index in [0.29, 0.717) is 0 Å². The van der Waals surface area contributed by atoms with Crippen molar-refractivity contribution in [2.75, 3.05) is 0 Å². The summed E-state index contributed by atoms with van der Waals surface area (Å²) in [6.45, 7) is 0.747. The van der Waals surface area contributed by atoms with Gasteiger partial charge in [0, 0.05) is 47.1 Å². The summed E-state index contributed by atoms with van der Waals surface area (Å²) < 4.78 is 134. The highest BCUT2D eigenvalue weighted by atomic mass is 32.2. The largest absolute Gasteiger partial charge is 0.451 e. The minimum absolute atomic E-state index is 0.0138. The van der Waals surface area contributed by atoms with Crippen molar-refractivity contribution in [3.63, 3.8) is 0 Å². The van der Waals surface area contributed by atoms with Crippen LogP contribution in [0.4, 0.5) is 35.1 Å². The lowest BCUT2D eigenvalue weighted by atomic mass is 9.96. The van der Waals surface area contributed by atoms with Crippen molar-refractivity contribution in [2.45, 2.75) is 61.5 Å². The average Bonchev–Trinajstić information content (AvgIpc) is 3.09. The molecule has 1 aliphatic rings. The molecule has 1 aliphatic carbocycles. The second-order valence-electron chi connectivity index (χ2n) is 10.0. The predicted octanol–water partition coefficient (Wildman–Crippen LogP) is 5.58. The zero-order valence-electron chi connectivity index (χ0n) is 22.2. The fourth-order valence-electron chi connectivity index (χ4n) is 4.83. The molecule has 0 spiro atoms. The molecule has 0 aromatic carbocycles. The molecule has 0 saturated heterocycles. The third-order valence-electron chi connectivity index (χ3n) is 7.18. The minimum atomic E-state index is -4.91. The number of alkyl halides is 7. The Morgan fingerprint density at radius 2 is 1.60 bits per heavy atom. The zero-order chi connectivity index (χ0) is 31.7. The van der Waals surface area contributed by atoms with E-state index in [1.807, 2.05) is 0 Å². The van der Waals surface area contributed by atoms with Crippen molar-refractivity contribution in [1.82, 2.24) is 19.9 Å². The molecule has 0 aliphatic heterocycles. The Bertz CT molecular complexity index is 1580. The van der Waals surface area contributed by atoms with Crippen LogP contribution in [-0.2, 0) is 28.7 Å². The van der Waals surface area contributed by atoms with Gasteiger partial charge in [0.25, 0.3) is 0 Å². The maximum atomic E-state index is 15.2. The third kappa shape index (κ3) is 7.25. The number of amidine groups is 1. The summed E-state index contributed by atoms with van der Waals surface area (Å²) in [6, 6.07) is 2.93. The van der Waals surface area contributed by atoms with Gasteiger partial charge in [0.15, 0.2) is 14.9 Å². The van der Waals surface area contributed by atoms with Gasteiger partial charge in [-0.2, -0.15) is 26.3 Å². The summed E-state index contributed by atoms with van der Waals surface area (Å²) in [4.78, 5) is 17.5. The average molecular weight is 637 g/mol. The van der Waals surface area contributed by atoms with Crippen LogP contribution in [0.5, 0.6) is 0 Å². The van der Waals surface area contributed by atoms with Crippen LogP contribution in [0.1, 0.15) is 43.3 Å². The normalized spacial score (nSPS) is 22.3. The first-order valence-corrected chi connectivity index (χ1v) is 14.3. The maximum Gasteiger partial charge on any atom is 0.451 e. The van der Waals surface area contributed by atoms with Gasteiger partial charge in [-0.3, -0.25) is 9.98 Å². The number of rotatable bonds is 6. The van der Waals surface area contributed by atoms with Crippen molar-refractivity contribution < 1.29 is 43.5 Å². The molecule has 232 valence electrons. The van der Waals surface area contributed by atoms with E-state index in [9.17, 15) is 39.2 Å². The van der Waals surface area contributed by atoms with Crippen molar-refractivity contribution in [3.8, 4) is 11.1 Å². The quantitative estimate of drug-likeness (QED) is 0.162. The van der Waals surface area contributed by atoms with Crippen LogP contribution in [0.2, 0.25) is 0 Å². The van der Waals surface area contributed by atoms with E-state index in [1.165, 1.54) is 6.92 Å². The molecule has 0 amide bonds. The molecule has 8 nitrogen and oxygen atoms in total. The molecule has 1 saturated carbocycles.